The number of alkyl halides is 3. The molecule has 1 N–H and O–H groups in total. The van der Waals surface area contributed by atoms with Crippen molar-refractivity contribution in [1.29, 1.82) is 0 Å². The number of para-hydroxylation sites is 2. The first kappa shape index (κ1) is 27.4. The summed E-state index contributed by atoms with van der Waals surface area (Å²) in [7, 11) is 0. The fraction of sp³-hybridized carbons (Fsp3) is 0.250. The summed E-state index contributed by atoms with van der Waals surface area (Å²) in [4.78, 5) is 45.4. The van der Waals surface area contributed by atoms with Crippen LogP contribution in [-0.4, -0.2) is 62.1 Å². The average Bonchev–Trinajstić information content (AvgIpc) is 3.31. The van der Waals surface area contributed by atoms with Crippen LogP contribution in [0, 0.1) is 0 Å². The molecule has 198 valence electrons. The lowest BCUT2D eigenvalue weighted by Gasteiger charge is -2.51. The van der Waals surface area contributed by atoms with Crippen molar-refractivity contribution < 1.29 is 23.9 Å². The smallest absolute Gasteiger partial charge is 0.334 e. The van der Waals surface area contributed by atoms with Crippen molar-refractivity contribution in [2.75, 3.05) is 13.2 Å². The number of fused-ring (bicyclic) bond motifs is 2. The molecule has 1 aromatic heterocycles. The van der Waals surface area contributed by atoms with E-state index in [2.05, 4.69) is 10.3 Å². The van der Waals surface area contributed by atoms with Gasteiger partial charge in [-0.05, 0) is 29.7 Å². The van der Waals surface area contributed by atoms with E-state index in [0.717, 1.165) is 10.2 Å². The third-order valence-corrected chi connectivity index (χ3v) is 9.28. The summed E-state index contributed by atoms with van der Waals surface area (Å²) in [5.74, 6) is -1.09. The van der Waals surface area contributed by atoms with Crippen molar-refractivity contribution >= 4 is 97.7 Å². The van der Waals surface area contributed by atoms with Crippen molar-refractivity contribution in [3.8, 4) is 5.75 Å². The number of ether oxygens (including phenoxy) is 2. The maximum absolute atomic E-state index is 13.2. The molecule has 2 aromatic carbocycles. The average molecular weight is 631 g/mol. The highest BCUT2D eigenvalue weighted by atomic mass is 35.6. The molecule has 14 heteroatoms. The molecule has 2 unspecified atom stereocenters. The first-order chi connectivity index (χ1) is 18.2. The maximum atomic E-state index is 13.2. The van der Waals surface area contributed by atoms with Crippen LogP contribution in [0.15, 0.2) is 69.3 Å². The van der Waals surface area contributed by atoms with Crippen LogP contribution in [0.3, 0.4) is 0 Å². The van der Waals surface area contributed by atoms with Crippen LogP contribution in [0.25, 0.3) is 10.2 Å². The van der Waals surface area contributed by atoms with Gasteiger partial charge in [0, 0.05) is 4.91 Å². The quantitative estimate of drug-likeness (QED) is 0.211. The van der Waals surface area contributed by atoms with E-state index in [1.165, 1.54) is 39.8 Å². The van der Waals surface area contributed by atoms with E-state index < -0.39 is 45.6 Å². The van der Waals surface area contributed by atoms with Crippen molar-refractivity contribution in [2.45, 2.75) is 25.6 Å². The van der Waals surface area contributed by atoms with Crippen molar-refractivity contribution in [1.82, 2.24) is 15.2 Å². The van der Waals surface area contributed by atoms with E-state index in [4.69, 9.17) is 44.3 Å². The fourth-order valence-corrected chi connectivity index (χ4v) is 7.51. The van der Waals surface area contributed by atoms with Gasteiger partial charge >= 0.3 is 5.97 Å². The van der Waals surface area contributed by atoms with Crippen LogP contribution in [0.2, 0.25) is 0 Å². The van der Waals surface area contributed by atoms with Crippen molar-refractivity contribution in [2.24, 2.45) is 0 Å². The van der Waals surface area contributed by atoms with Gasteiger partial charge in [0.25, 0.3) is 5.91 Å². The summed E-state index contributed by atoms with van der Waals surface area (Å²) in [6, 6.07) is 14.6. The molecule has 38 heavy (non-hydrogen) atoms. The van der Waals surface area contributed by atoms with Gasteiger partial charge < -0.3 is 19.7 Å². The van der Waals surface area contributed by atoms with Gasteiger partial charge in [0.05, 0.1) is 10.2 Å². The largest absolute Gasteiger partial charge is 0.484 e. The molecular formula is C24H18Cl3N3O5S3. The number of β-lactam (4-membered cyclic amide) rings is 1. The van der Waals surface area contributed by atoms with Gasteiger partial charge in [-0.3, -0.25) is 9.59 Å². The van der Waals surface area contributed by atoms with Crippen LogP contribution in [0.5, 0.6) is 5.75 Å². The molecule has 3 aromatic rings. The maximum Gasteiger partial charge on any atom is 0.334 e. The minimum Gasteiger partial charge on any atom is -0.484 e. The van der Waals surface area contributed by atoms with E-state index in [9.17, 15) is 14.4 Å². The number of nitrogens with zero attached hydrogens (tertiary/aromatic N) is 2. The monoisotopic (exact) mass is 629 g/mol. The molecule has 3 atom stereocenters. The predicted octanol–water partition coefficient (Wildman–Crippen LogP) is 4.99. The molecule has 0 saturated carbocycles. The zero-order valence-corrected chi connectivity index (χ0v) is 23.9. The second kappa shape index (κ2) is 11.5. The van der Waals surface area contributed by atoms with Crippen LogP contribution in [0.4, 0.5) is 0 Å². The van der Waals surface area contributed by atoms with Crippen LogP contribution >= 0.6 is 69.7 Å². The summed E-state index contributed by atoms with van der Waals surface area (Å²) in [5.41, 5.74) is 0.831. The first-order valence-electron chi connectivity index (χ1n) is 11.1. The summed E-state index contributed by atoms with van der Waals surface area (Å²) in [5, 5.41) is 3.96. The molecule has 2 amide bonds. The molecule has 5 rings (SSSR count). The van der Waals surface area contributed by atoms with Gasteiger partial charge in [-0.1, -0.05) is 76.9 Å². The van der Waals surface area contributed by atoms with Crippen molar-refractivity contribution in [3.63, 3.8) is 0 Å². The number of amides is 2. The van der Waals surface area contributed by atoms with E-state index in [1.54, 1.807) is 29.7 Å². The van der Waals surface area contributed by atoms with Gasteiger partial charge in [-0.25, -0.2) is 9.78 Å². The molecule has 8 nitrogen and oxygen atoms in total. The highest BCUT2D eigenvalue weighted by molar-refractivity contribution is 8.07. The van der Waals surface area contributed by atoms with Gasteiger partial charge in [0.15, 0.2) is 17.0 Å². The molecule has 1 fully saturated rings. The number of thiazole rings is 1. The third-order valence-electron chi connectivity index (χ3n) is 5.46. The number of hydrogen-bond donors (Lipinski definition) is 1. The first-order valence-corrected chi connectivity index (χ1v) is 14.8. The van der Waals surface area contributed by atoms with E-state index >= 15 is 0 Å². The Bertz CT molecular complexity index is 1370. The van der Waals surface area contributed by atoms with E-state index in [-0.39, 0.29) is 6.61 Å². The summed E-state index contributed by atoms with van der Waals surface area (Å²) in [6.45, 7) is -0.739. The molecule has 3 heterocycles. The van der Waals surface area contributed by atoms with E-state index in [0.29, 0.717) is 15.0 Å². The minimum absolute atomic E-state index is 0.256. The molecule has 0 radical (unpaired) electrons. The summed E-state index contributed by atoms with van der Waals surface area (Å²) < 4.78 is 10.6. The Balaban J connectivity index is 1.31. The number of aromatic nitrogens is 1. The van der Waals surface area contributed by atoms with Gasteiger partial charge in [0.2, 0.25) is 9.70 Å². The number of nitrogens with one attached hydrogen (secondary N) is 1. The van der Waals surface area contributed by atoms with Crippen molar-refractivity contribution in [3.05, 3.63) is 64.9 Å². The standard InChI is InChI=1S/C24H18Cl3N3O5S3/c25-24(26,27)12-35-22(33)19-16(38-23-28-14-8-4-5-9-15(14)37-23)11-36-21-18(20(32)30(19)21)29-17(31)10-34-13-6-2-1-3-7-13/h1-9,11,18-19,21H,10,12H2,(H,29,31)/t18?,19?,21-/m0/s1. The number of carbonyl (C=O) groups excluding carboxylic acids is 3. The topological polar surface area (TPSA) is 97.8 Å². The van der Waals surface area contributed by atoms with Gasteiger partial charge in [-0.2, -0.15) is 0 Å². The van der Waals surface area contributed by atoms with Crippen LogP contribution < -0.4 is 10.1 Å². The molecule has 0 aliphatic carbocycles. The second-order valence-electron chi connectivity index (χ2n) is 8.11. The highest BCUT2D eigenvalue weighted by Crippen LogP contribution is 2.46. The number of benzene rings is 2. The highest BCUT2D eigenvalue weighted by Gasteiger charge is 2.56. The Hall–Kier alpha value is -2.15. The summed E-state index contributed by atoms with van der Waals surface area (Å²) in [6.07, 6.45) is 0. The van der Waals surface area contributed by atoms with Gasteiger partial charge in [-0.15, -0.1) is 23.1 Å². The lowest BCUT2D eigenvalue weighted by Crippen LogP contribution is -2.74. The zero-order chi connectivity index (χ0) is 26.9. The van der Waals surface area contributed by atoms with Gasteiger partial charge in [0.1, 0.15) is 23.8 Å². The Kier molecular flexibility index (Phi) is 8.32. The predicted molar refractivity (Wildman–Crippen MR) is 151 cm³/mol. The molecule has 0 spiro atoms. The Labute approximate surface area is 245 Å². The molecular weight excluding hydrogens is 613 g/mol. The summed E-state index contributed by atoms with van der Waals surface area (Å²) >= 11 is 21.4. The van der Waals surface area contributed by atoms with Crippen LogP contribution in [0.1, 0.15) is 0 Å². The number of carbonyl (C=O) groups is 3. The lowest BCUT2D eigenvalue weighted by molar-refractivity contribution is -0.162. The SMILES string of the molecule is O=C(COc1ccccc1)NC1C(=O)N2C(C(=O)OCC(Cl)(Cl)Cl)C(Sc3nc4ccccc4s3)=CS[C@@H]12. The molecule has 0 bridgehead atoms. The number of rotatable bonds is 8. The molecule has 2 aliphatic heterocycles. The lowest BCUT2D eigenvalue weighted by atomic mass is 10.0. The van der Waals surface area contributed by atoms with E-state index in [1.807, 2.05) is 30.3 Å². The Morgan fingerprint density at radius 2 is 1.84 bits per heavy atom. The second-order valence-corrected chi connectivity index (χ2v) is 14.0. The Morgan fingerprint density at radius 3 is 2.58 bits per heavy atom. The van der Waals surface area contributed by atoms with Crippen LogP contribution in [-0.2, 0) is 19.1 Å². The minimum atomic E-state index is -1.81. The zero-order valence-electron chi connectivity index (χ0n) is 19.2. The normalized spacial score (nSPS) is 20.8. The molecule has 1 saturated heterocycles. The number of halogens is 3. The number of esters is 1. The Morgan fingerprint density at radius 1 is 1.11 bits per heavy atom. The molecule has 2 aliphatic rings. The third kappa shape index (κ3) is 6.19. The number of hydrogen-bond acceptors (Lipinski definition) is 9. The number of thioether (sulfide) groups is 2. The fourth-order valence-electron chi connectivity index (χ4n) is 3.79.